The first-order chi connectivity index (χ1) is 7.88. The lowest BCUT2D eigenvalue weighted by atomic mass is 10.2. The topological polar surface area (TPSA) is 63.7 Å². The summed E-state index contributed by atoms with van der Waals surface area (Å²) < 4.78 is 16.2. The number of ether oxygens (including phenoxy) is 1. The molecule has 5 nitrogen and oxygen atoms in total. The summed E-state index contributed by atoms with van der Waals surface area (Å²) in [7, 11) is 3.63. The Labute approximate surface area is 105 Å². The zero-order valence-corrected chi connectivity index (χ0v) is 11.7. The van der Waals surface area contributed by atoms with Gasteiger partial charge in [0.1, 0.15) is 0 Å². The molecule has 0 bridgehead atoms. The molecule has 0 spiro atoms. The van der Waals surface area contributed by atoms with Crippen LogP contribution in [-0.4, -0.2) is 53.7 Å². The smallest absolute Gasteiger partial charge is 0.309 e. The van der Waals surface area contributed by atoms with E-state index in [0.29, 0.717) is 24.3 Å². The minimum atomic E-state index is -1.07. The van der Waals surface area contributed by atoms with Gasteiger partial charge in [0.25, 0.3) is 0 Å². The molecule has 0 saturated carbocycles. The molecule has 0 fully saturated rings. The van der Waals surface area contributed by atoms with Crippen LogP contribution in [-0.2, 0) is 25.1 Å². The Morgan fingerprint density at radius 2 is 1.94 bits per heavy atom. The molecule has 0 N–H and O–H groups in total. The second-order valence-corrected chi connectivity index (χ2v) is 5.75. The van der Waals surface area contributed by atoms with Crippen molar-refractivity contribution in [1.29, 1.82) is 0 Å². The fraction of sp³-hybridized carbons (Fsp3) is 0.818. The molecule has 0 radical (unpaired) electrons. The van der Waals surface area contributed by atoms with E-state index in [0.717, 1.165) is 0 Å². The van der Waals surface area contributed by atoms with E-state index in [2.05, 4.69) is 4.74 Å². The summed E-state index contributed by atoms with van der Waals surface area (Å²) in [6.07, 6.45) is 0.975. The second kappa shape index (κ2) is 8.22. The van der Waals surface area contributed by atoms with E-state index < -0.39 is 10.8 Å². The van der Waals surface area contributed by atoms with Crippen molar-refractivity contribution in [3.8, 4) is 0 Å². The Kier molecular flexibility index (Phi) is 7.78. The van der Waals surface area contributed by atoms with Crippen LogP contribution in [0.15, 0.2) is 0 Å². The zero-order valence-electron chi connectivity index (χ0n) is 10.9. The van der Waals surface area contributed by atoms with Crippen molar-refractivity contribution >= 4 is 22.7 Å². The molecule has 0 aliphatic rings. The third-order valence-corrected chi connectivity index (χ3v) is 3.92. The second-order valence-electron chi connectivity index (χ2n) is 4.13. The van der Waals surface area contributed by atoms with E-state index in [9.17, 15) is 13.8 Å². The number of carbonyl (C=O) groups excluding carboxylic acids is 2. The van der Waals surface area contributed by atoms with Crippen molar-refractivity contribution in [1.82, 2.24) is 4.90 Å². The number of hydrogen-bond donors (Lipinski definition) is 0. The first-order valence-electron chi connectivity index (χ1n) is 5.51. The predicted octanol–water partition coefficient (Wildman–Crippen LogP) is 0.413. The molecule has 1 amide bonds. The number of nitrogens with zero attached hydrogens (tertiary/aromatic N) is 1. The quantitative estimate of drug-likeness (QED) is 0.624. The molecular formula is C11H21NO4S. The molecule has 0 aliphatic carbocycles. The number of methoxy groups -OCH3 is 1. The highest BCUT2D eigenvalue weighted by Crippen LogP contribution is 2.03. The van der Waals surface area contributed by atoms with Gasteiger partial charge in [0.15, 0.2) is 0 Å². The SMILES string of the molecule is COC(=O)C(C)CS(=O)CCCC(=O)N(C)C. The standard InChI is InChI=1S/C11H21NO4S/c1-9(11(14)16-4)8-17(15)7-5-6-10(13)12(2)3/h9H,5-8H2,1-4H3. The lowest BCUT2D eigenvalue weighted by molar-refractivity contribution is -0.144. The normalized spacial score (nSPS) is 13.9. The Bertz CT molecular complexity index is 291. The van der Waals surface area contributed by atoms with Gasteiger partial charge in [0.2, 0.25) is 5.91 Å². The Hall–Kier alpha value is -0.910. The molecule has 0 aliphatic heterocycles. The van der Waals surface area contributed by atoms with Gasteiger partial charge >= 0.3 is 5.97 Å². The van der Waals surface area contributed by atoms with Crippen molar-refractivity contribution in [2.24, 2.45) is 5.92 Å². The van der Waals surface area contributed by atoms with Crippen LogP contribution in [0.3, 0.4) is 0 Å². The highest BCUT2D eigenvalue weighted by molar-refractivity contribution is 7.85. The molecule has 2 unspecified atom stereocenters. The van der Waals surface area contributed by atoms with E-state index >= 15 is 0 Å². The van der Waals surface area contributed by atoms with Crippen LogP contribution >= 0.6 is 0 Å². The fourth-order valence-corrected chi connectivity index (χ4v) is 2.57. The van der Waals surface area contributed by atoms with Crippen molar-refractivity contribution < 1.29 is 18.5 Å². The van der Waals surface area contributed by atoms with Gasteiger partial charge in [-0.05, 0) is 6.42 Å². The van der Waals surface area contributed by atoms with Crippen molar-refractivity contribution in [3.05, 3.63) is 0 Å². The maximum absolute atomic E-state index is 11.6. The van der Waals surface area contributed by atoms with Gasteiger partial charge in [-0.1, -0.05) is 6.92 Å². The van der Waals surface area contributed by atoms with Crippen LogP contribution in [0.25, 0.3) is 0 Å². The summed E-state index contributed by atoms with van der Waals surface area (Å²) in [5.74, 6) is 0.0696. The van der Waals surface area contributed by atoms with Gasteiger partial charge in [-0.25, -0.2) is 0 Å². The summed E-state index contributed by atoms with van der Waals surface area (Å²) in [6.45, 7) is 1.69. The van der Waals surface area contributed by atoms with E-state index in [1.54, 1.807) is 21.0 Å². The third kappa shape index (κ3) is 7.10. The molecule has 0 rings (SSSR count). The molecule has 100 valence electrons. The molecule has 0 aromatic heterocycles. The van der Waals surface area contributed by atoms with Crippen LogP contribution in [0, 0.1) is 5.92 Å². The van der Waals surface area contributed by atoms with Gasteiger partial charge in [0, 0.05) is 42.8 Å². The largest absolute Gasteiger partial charge is 0.469 e. The average Bonchev–Trinajstić information content (AvgIpc) is 2.27. The van der Waals surface area contributed by atoms with E-state index in [1.807, 2.05) is 0 Å². The Balaban J connectivity index is 3.81. The number of rotatable bonds is 7. The van der Waals surface area contributed by atoms with E-state index in [1.165, 1.54) is 12.0 Å². The van der Waals surface area contributed by atoms with Crippen LogP contribution < -0.4 is 0 Å². The first-order valence-corrected chi connectivity index (χ1v) is 7.00. The maximum atomic E-state index is 11.6. The van der Waals surface area contributed by atoms with Gasteiger partial charge in [-0.15, -0.1) is 0 Å². The van der Waals surface area contributed by atoms with Crippen LogP contribution in [0.5, 0.6) is 0 Å². The summed E-state index contributed by atoms with van der Waals surface area (Å²) in [4.78, 5) is 23.9. The van der Waals surface area contributed by atoms with Crippen molar-refractivity contribution in [2.45, 2.75) is 19.8 Å². The van der Waals surface area contributed by atoms with Gasteiger partial charge in [-0.2, -0.15) is 0 Å². The lowest BCUT2D eigenvalue weighted by Gasteiger charge is -2.10. The third-order valence-electron chi connectivity index (χ3n) is 2.30. The molecule has 0 heterocycles. The van der Waals surface area contributed by atoms with Crippen LogP contribution in [0.4, 0.5) is 0 Å². The lowest BCUT2D eigenvalue weighted by Crippen LogP contribution is -2.23. The predicted molar refractivity (Wildman–Crippen MR) is 67.0 cm³/mol. The molecule has 0 aromatic carbocycles. The molecule has 0 aromatic rings. The number of esters is 1. The van der Waals surface area contributed by atoms with Crippen molar-refractivity contribution in [2.75, 3.05) is 32.7 Å². The Morgan fingerprint density at radius 1 is 1.35 bits per heavy atom. The molecule has 0 saturated heterocycles. The summed E-state index contributed by atoms with van der Waals surface area (Å²) >= 11 is 0. The molecular weight excluding hydrogens is 242 g/mol. The van der Waals surface area contributed by atoms with E-state index in [-0.39, 0.29) is 17.8 Å². The van der Waals surface area contributed by atoms with Gasteiger partial charge < -0.3 is 9.64 Å². The Morgan fingerprint density at radius 3 is 2.41 bits per heavy atom. The van der Waals surface area contributed by atoms with Crippen molar-refractivity contribution in [3.63, 3.8) is 0 Å². The first kappa shape index (κ1) is 16.1. The van der Waals surface area contributed by atoms with Crippen LogP contribution in [0.2, 0.25) is 0 Å². The minimum Gasteiger partial charge on any atom is -0.469 e. The molecule has 17 heavy (non-hydrogen) atoms. The minimum absolute atomic E-state index is 0.0306. The van der Waals surface area contributed by atoms with E-state index in [4.69, 9.17) is 0 Å². The van der Waals surface area contributed by atoms with Gasteiger partial charge in [-0.3, -0.25) is 13.8 Å². The number of hydrogen-bond acceptors (Lipinski definition) is 4. The summed E-state index contributed by atoms with van der Waals surface area (Å²) in [6, 6.07) is 0. The molecule has 2 atom stereocenters. The average molecular weight is 263 g/mol. The number of carbonyl (C=O) groups is 2. The van der Waals surface area contributed by atoms with Crippen LogP contribution in [0.1, 0.15) is 19.8 Å². The molecule has 6 heteroatoms. The maximum Gasteiger partial charge on any atom is 0.309 e. The monoisotopic (exact) mass is 263 g/mol. The fourth-order valence-electron chi connectivity index (χ4n) is 1.24. The van der Waals surface area contributed by atoms with Gasteiger partial charge in [0.05, 0.1) is 13.0 Å². The highest BCUT2D eigenvalue weighted by atomic mass is 32.2. The zero-order chi connectivity index (χ0) is 13.4. The summed E-state index contributed by atoms with van der Waals surface area (Å²) in [5, 5.41) is 0. The highest BCUT2D eigenvalue weighted by Gasteiger charge is 2.16. The number of amides is 1. The summed E-state index contributed by atoms with van der Waals surface area (Å²) in [5.41, 5.74) is 0.